The van der Waals surface area contributed by atoms with Crippen LogP contribution in [-0.2, 0) is 9.53 Å². The Balaban J connectivity index is 1.61. The molecule has 0 spiro atoms. The molecule has 162 valence electrons. The molecule has 0 aliphatic carbocycles. The summed E-state index contributed by atoms with van der Waals surface area (Å²) in [6.45, 7) is 12.1. The molecule has 2 aliphatic heterocycles. The highest BCUT2D eigenvalue weighted by Crippen LogP contribution is 2.19. The summed E-state index contributed by atoms with van der Waals surface area (Å²) >= 11 is 0. The minimum absolute atomic E-state index is 0.0714. The monoisotopic (exact) mass is 396 g/mol. The van der Waals surface area contributed by atoms with Gasteiger partial charge in [0, 0.05) is 53.4 Å². The molecule has 2 heterocycles. The molecular weight excluding hydrogens is 356 g/mol. The summed E-state index contributed by atoms with van der Waals surface area (Å²) in [5.74, 6) is 1.90. The molecular formula is C20H40N6O2. The fourth-order valence-corrected chi connectivity index (χ4v) is 3.98. The van der Waals surface area contributed by atoms with E-state index in [-0.39, 0.29) is 5.91 Å². The first kappa shape index (κ1) is 22.9. The van der Waals surface area contributed by atoms with Crippen LogP contribution in [-0.4, -0.2) is 113 Å². The number of piperidine rings is 1. The van der Waals surface area contributed by atoms with E-state index in [1.54, 1.807) is 7.11 Å². The van der Waals surface area contributed by atoms with Gasteiger partial charge in [0.05, 0.1) is 13.2 Å². The highest BCUT2D eigenvalue weighted by Gasteiger charge is 2.22. The van der Waals surface area contributed by atoms with Crippen LogP contribution in [0, 0.1) is 5.92 Å². The van der Waals surface area contributed by atoms with Crippen LogP contribution in [0.15, 0.2) is 4.99 Å². The number of carbonyl (C=O) groups excluding carboxylic acids is 1. The Labute approximate surface area is 170 Å². The predicted molar refractivity (Wildman–Crippen MR) is 114 cm³/mol. The van der Waals surface area contributed by atoms with E-state index in [1.807, 2.05) is 7.05 Å². The zero-order valence-electron chi connectivity index (χ0n) is 18.1. The number of nitrogens with one attached hydrogen (secondary N) is 2. The third-order valence-corrected chi connectivity index (χ3v) is 5.87. The average molecular weight is 397 g/mol. The molecule has 8 nitrogen and oxygen atoms in total. The highest BCUT2D eigenvalue weighted by atomic mass is 16.5. The first-order chi connectivity index (χ1) is 13.7. The van der Waals surface area contributed by atoms with Crippen molar-refractivity contribution in [3.63, 3.8) is 0 Å². The van der Waals surface area contributed by atoms with Crippen molar-refractivity contribution in [3.05, 3.63) is 0 Å². The van der Waals surface area contributed by atoms with Gasteiger partial charge in [-0.1, -0.05) is 6.92 Å². The molecule has 2 saturated heterocycles. The number of aliphatic imine (C=N–C) groups is 1. The van der Waals surface area contributed by atoms with Crippen LogP contribution in [0.1, 0.15) is 26.2 Å². The van der Waals surface area contributed by atoms with E-state index in [0.29, 0.717) is 19.7 Å². The van der Waals surface area contributed by atoms with Crippen LogP contribution in [0.2, 0.25) is 0 Å². The van der Waals surface area contributed by atoms with Crippen molar-refractivity contribution in [1.29, 1.82) is 0 Å². The molecule has 2 rings (SSSR count). The number of hydrogen-bond donors (Lipinski definition) is 2. The van der Waals surface area contributed by atoms with Crippen molar-refractivity contribution in [2.75, 3.05) is 86.2 Å². The molecule has 2 fully saturated rings. The van der Waals surface area contributed by atoms with Crippen molar-refractivity contribution in [2.24, 2.45) is 10.9 Å². The normalized spacial score (nSPS) is 20.4. The maximum absolute atomic E-state index is 11.9. The van der Waals surface area contributed by atoms with Crippen LogP contribution in [0.5, 0.6) is 0 Å². The molecule has 0 aromatic carbocycles. The largest absolute Gasteiger partial charge is 0.383 e. The number of piperazine rings is 1. The molecule has 1 amide bonds. The van der Waals surface area contributed by atoms with Gasteiger partial charge < -0.3 is 25.2 Å². The number of nitrogens with zero attached hydrogens (tertiary/aromatic N) is 4. The SMILES string of the molecule is CCN1CCC(CCNC(=NC)N2CCN(CC(=O)NCCOC)CC2)CC1. The molecule has 0 bridgehead atoms. The number of guanidine groups is 1. The Morgan fingerprint density at radius 1 is 1.04 bits per heavy atom. The lowest BCUT2D eigenvalue weighted by atomic mass is 9.93. The molecule has 0 aromatic rings. The van der Waals surface area contributed by atoms with E-state index in [2.05, 4.69) is 37.2 Å². The Kier molecular flexibility index (Phi) is 10.6. The zero-order valence-corrected chi connectivity index (χ0v) is 18.1. The quantitative estimate of drug-likeness (QED) is 0.326. The molecule has 0 radical (unpaired) electrons. The highest BCUT2D eigenvalue weighted by molar-refractivity contribution is 5.80. The molecule has 2 aliphatic rings. The van der Waals surface area contributed by atoms with E-state index < -0.39 is 0 Å². The van der Waals surface area contributed by atoms with Crippen LogP contribution < -0.4 is 10.6 Å². The summed E-state index contributed by atoms with van der Waals surface area (Å²) < 4.78 is 4.96. The van der Waals surface area contributed by atoms with E-state index >= 15 is 0 Å². The van der Waals surface area contributed by atoms with Crippen molar-refractivity contribution in [1.82, 2.24) is 25.3 Å². The lowest BCUT2D eigenvalue weighted by Crippen LogP contribution is -2.54. The predicted octanol–water partition coefficient (Wildman–Crippen LogP) is 0.0640. The number of carbonyl (C=O) groups is 1. The third kappa shape index (κ3) is 7.93. The fraction of sp³-hybridized carbons (Fsp3) is 0.900. The molecule has 0 saturated carbocycles. The van der Waals surface area contributed by atoms with Gasteiger partial charge in [-0.25, -0.2) is 0 Å². The summed E-state index contributed by atoms with van der Waals surface area (Å²) in [7, 11) is 3.50. The fourth-order valence-electron chi connectivity index (χ4n) is 3.98. The summed E-state index contributed by atoms with van der Waals surface area (Å²) in [6.07, 6.45) is 3.86. The molecule has 0 unspecified atom stereocenters. The van der Waals surface area contributed by atoms with Crippen LogP contribution >= 0.6 is 0 Å². The minimum atomic E-state index is 0.0714. The number of likely N-dealkylation sites (tertiary alicyclic amines) is 1. The van der Waals surface area contributed by atoms with Crippen molar-refractivity contribution < 1.29 is 9.53 Å². The second kappa shape index (κ2) is 13.0. The Bertz CT molecular complexity index is 471. The van der Waals surface area contributed by atoms with Gasteiger partial charge in [0.25, 0.3) is 0 Å². The summed E-state index contributed by atoms with van der Waals surface area (Å²) in [6, 6.07) is 0. The van der Waals surface area contributed by atoms with Crippen LogP contribution in [0.3, 0.4) is 0 Å². The van der Waals surface area contributed by atoms with Gasteiger partial charge in [0.1, 0.15) is 0 Å². The maximum atomic E-state index is 11.9. The van der Waals surface area contributed by atoms with Gasteiger partial charge in [-0.05, 0) is 44.8 Å². The third-order valence-electron chi connectivity index (χ3n) is 5.87. The number of rotatable bonds is 9. The number of amides is 1. The van der Waals surface area contributed by atoms with Crippen molar-refractivity contribution >= 4 is 11.9 Å². The van der Waals surface area contributed by atoms with Gasteiger partial charge in [0.15, 0.2) is 5.96 Å². The first-order valence-corrected chi connectivity index (χ1v) is 10.8. The molecule has 8 heteroatoms. The zero-order chi connectivity index (χ0) is 20.2. The van der Waals surface area contributed by atoms with Crippen molar-refractivity contribution in [3.8, 4) is 0 Å². The lowest BCUT2D eigenvalue weighted by molar-refractivity contribution is -0.122. The topological polar surface area (TPSA) is 72.4 Å². The molecule has 2 N–H and O–H groups in total. The minimum Gasteiger partial charge on any atom is -0.383 e. The van der Waals surface area contributed by atoms with Gasteiger partial charge >= 0.3 is 0 Å². The molecule has 0 atom stereocenters. The van der Waals surface area contributed by atoms with E-state index in [9.17, 15) is 4.79 Å². The number of hydrogen-bond acceptors (Lipinski definition) is 5. The summed E-state index contributed by atoms with van der Waals surface area (Å²) in [5.41, 5.74) is 0. The summed E-state index contributed by atoms with van der Waals surface area (Å²) in [5, 5.41) is 6.44. The standard InChI is InChI=1S/C20H40N6O2/c1-4-24-10-6-18(7-11-24)5-8-23-20(21-2)26-14-12-25(13-15-26)17-19(27)22-9-16-28-3/h18H,4-17H2,1-3H3,(H,21,23)(H,22,27). The van der Waals surface area contributed by atoms with E-state index in [4.69, 9.17) is 4.74 Å². The van der Waals surface area contributed by atoms with Crippen LogP contribution in [0.4, 0.5) is 0 Å². The smallest absolute Gasteiger partial charge is 0.234 e. The second-order valence-corrected chi connectivity index (χ2v) is 7.75. The number of ether oxygens (including phenoxy) is 1. The van der Waals surface area contributed by atoms with Gasteiger partial charge in [0.2, 0.25) is 5.91 Å². The van der Waals surface area contributed by atoms with E-state index in [0.717, 1.165) is 44.6 Å². The van der Waals surface area contributed by atoms with Crippen molar-refractivity contribution in [2.45, 2.75) is 26.2 Å². The Morgan fingerprint density at radius 3 is 2.36 bits per heavy atom. The number of methoxy groups -OCH3 is 1. The van der Waals surface area contributed by atoms with E-state index in [1.165, 1.54) is 38.9 Å². The first-order valence-electron chi connectivity index (χ1n) is 10.8. The second-order valence-electron chi connectivity index (χ2n) is 7.75. The maximum Gasteiger partial charge on any atom is 0.234 e. The van der Waals surface area contributed by atoms with Gasteiger partial charge in [-0.15, -0.1) is 0 Å². The van der Waals surface area contributed by atoms with Gasteiger partial charge in [-0.2, -0.15) is 0 Å². The van der Waals surface area contributed by atoms with Crippen LogP contribution in [0.25, 0.3) is 0 Å². The molecule has 0 aromatic heterocycles. The average Bonchev–Trinajstić information content (AvgIpc) is 2.73. The van der Waals surface area contributed by atoms with Gasteiger partial charge in [-0.3, -0.25) is 14.7 Å². The molecule has 28 heavy (non-hydrogen) atoms. The Hall–Kier alpha value is -1.38. The Morgan fingerprint density at radius 2 is 1.75 bits per heavy atom. The summed E-state index contributed by atoms with van der Waals surface area (Å²) in [4.78, 5) is 23.4. The lowest BCUT2D eigenvalue weighted by Gasteiger charge is -2.36.